The Morgan fingerprint density at radius 1 is 1.23 bits per heavy atom. The molecule has 0 saturated heterocycles. The van der Waals surface area contributed by atoms with Crippen molar-refractivity contribution < 1.29 is 9.59 Å². The van der Waals surface area contributed by atoms with Gasteiger partial charge in [0.25, 0.3) is 5.91 Å². The number of anilines is 1. The molecule has 0 saturated carbocycles. The van der Waals surface area contributed by atoms with Crippen LogP contribution in [0.4, 0.5) is 5.13 Å². The summed E-state index contributed by atoms with van der Waals surface area (Å²) in [5, 5.41) is 8.02. The average molecular weight is 317 g/mol. The maximum absolute atomic E-state index is 12.0. The summed E-state index contributed by atoms with van der Waals surface area (Å²) in [6, 6.07) is 9.13. The standard InChI is InChI=1S/C16H19N3O2S/c1-11(2)17-14(20)9-8-13-10-22-16(18-13)19-15(21)12-6-4-3-5-7-12/h3-7,10-11H,8-9H2,1-2H3,(H,17,20)(H,18,19,21). The number of rotatable bonds is 6. The van der Waals surface area contributed by atoms with E-state index in [1.807, 2.05) is 37.4 Å². The fourth-order valence-electron chi connectivity index (χ4n) is 1.87. The topological polar surface area (TPSA) is 71.1 Å². The predicted molar refractivity (Wildman–Crippen MR) is 88.1 cm³/mol. The van der Waals surface area contributed by atoms with Crippen LogP contribution >= 0.6 is 11.3 Å². The van der Waals surface area contributed by atoms with Gasteiger partial charge in [-0.1, -0.05) is 18.2 Å². The highest BCUT2D eigenvalue weighted by molar-refractivity contribution is 7.13. The zero-order chi connectivity index (χ0) is 15.9. The number of aryl methyl sites for hydroxylation is 1. The van der Waals surface area contributed by atoms with Gasteiger partial charge in [0.2, 0.25) is 5.91 Å². The molecule has 0 fully saturated rings. The van der Waals surface area contributed by atoms with Crippen LogP contribution in [0.2, 0.25) is 0 Å². The van der Waals surface area contributed by atoms with Gasteiger partial charge in [0.1, 0.15) is 0 Å². The van der Waals surface area contributed by atoms with Crippen molar-refractivity contribution in [1.29, 1.82) is 0 Å². The normalized spacial score (nSPS) is 10.5. The summed E-state index contributed by atoms with van der Waals surface area (Å²) >= 11 is 1.36. The van der Waals surface area contributed by atoms with Gasteiger partial charge >= 0.3 is 0 Å². The van der Waals surface area contributed by atoms with Crippen LogP contribution in [0.15, 0.2) is 35.7 Å². The van der Waals surface area contributed by atoms with Crippen molar-refractivity contribution in [3.8, 4) is 0 Å². The number of carbonyl (C=O) groups is 2. The van der Waals surface area contributed by atoms with E-state index in [1.54, 1.807) is 12.1 Å². The lowest BCUT2D eigenvalue weighted by Crippen LogP contribution is -2.30. The number of nitrogens with zero attached hydrogens (tertiary/aromatic N) is 1. The van der Waals surface area contributed by atoms with Gasteiger partial charge in [-0.25, -0.2) is 4.98 Å². The van der Waals surface area contributed by atoms with Crippen LogP contribution in [0, 0.1) is 0 Å². The largest absolute Gasteiger partial charge is 0.354 e. The van der Waals surface area contributed by atoms with Gasteiger partial charge in [0.15, 0.2) is 5.13 Å². The number of amides is 2. The molecule has 0 bridgehead atoms. The molecule has 116 valence electrons. The lowest BCUT2D eigenvalue weighted by Gasteiger charge is -2.06. The van der Waals surface area contributed by atoms with Crippen LogP contribution in [0.3, 0.4) is 0 Å². The summed E-state index contributed by atoms with van der Waals surface area (Å²) in [6.45, 7) is 3.86. The van der Waals surface area contributed by atoms with Crippen LogP contribution < -0.4 is 10.6 Å². The van der Waals surface area contributed by atoms with Gasteiger partial charge in [-0.3, -0.25) is 14.9 Å². The molecule has 2 amide bonds. The smallest absolute Gasteiger partial charge is 0.257 e. The third-order valence-corrected chi connectivity index (χ3v) is 3.67. The summed E-state index contributed by atoms with van der Waals surface area (Å²) < 4.78 is 0. The third kappa shape index (κ3) is 4.96. The second-order valence-electron chi connectivity index (χ2n) is 5.19. The molecule has 0 aliphatic heterocycles. The summed E-state index contributed by atoms with van der Waals surface area (Å²) in [5.74, 6) is -0.170. The molecule has 0 unspecified atom stereocenters. The molecule has 1 aromatic heterocycles. The van der Waals surface area contributed by atoms with Crippen LogP contribution in [-0.2, 0) is 11.2 Å². The van der Waals surface area contributed by atoms with E-state index in [0.717, 1.165) is 5.69 Å². The number of hydrogen-bond donors (Lipinski definition) is 2. The van der Waals surface area contributed by atoms with Crippen molar-refractivity contribution in [2.24, 2.45) is 0 Å². The van der Waals surface area contributed by atoms with E-state index in [9.17, 15) is 9.59 Å². The molecule has 2 rings (SSSR count). The number of hydrogen-bond acceptors (Lipinski definition) is 4. The molecule has 2 N–H and O–H groups in total. The Balaban J connectivity index is 1.86. The molecule has 22 heavy (non-hydrogen) atoms. The Hall–Kier alpha value is -2.21. The van der Waals surface area contributed by atoms with Crippen LogP contribution in [0.25, 0.3) is 0 Å². The number of benzene rings is 1. The second-order valence-corrected chi connectivity index (χ2v) is 6.04. The van der Waals surface area contributed by atoms with Gasteiger partial charge in [0.05, 0.1) is 5.69 Å². The van der Waals surface area contributed by atoms with Gasteiger partial charge in [-0.2, -0.15) is 0 Å². The van der Waals surface area contributed by atoms with Gasteiger partial charge in [-0.05, 0) is 32.4 Å². The molecule has 6 heteroatoms. The van der Waals surface area contributed by atoms with E-state index in [0.29, 0.717) is 23.5 Å². The van der Waals surface area contributed by atoms with Crippen LogP contribution in [-0.4, -0.2) is 22.8 Å². The number of aromatic nitrogens is 1. The van der Waals surface area contributed by atoms with Crippen molar-refractivity contribution >= 4 is 28.3 Å². The Morgan fingerprint density at radius 3 is 2.64 bits per heavy atom. The maximum Gasteiger partial charge on any atom is 0.257 e. The minimum Gasteiger partial charge on any atom is -0.354 e. The summed E-state index contributed by atoms with van der Waals surface area (Å²) in [4.78, 5) is 27.9. The van der Waals surface area contributed by atoms with E-state index in [1.165, 1.54) is 11.3 Å². The average Bonchev–Trinajstić information content (AvgIpc) is 2.93. The first kappa shape index (κ1) is 16.2. The fourth-order valence-corrected chi connectivity index (χ4v) is 2.61. The zero-order valence-electron chi connectivity index (χ0n) is 12.6. The van der Waals surface area contributed by atoms with Crippen molar-refractivity contribution in [3.63, 3.8) is 0 Å². The minimum atomic E-state index is -0.181. The Kier molecular flexibility index (Phi) is 5.66. The lowest BCUT2D eigenvalue weighted by molar-refractivity contribution is -0.121. The fraction of sp³-hybridized carbons (Fsp3) is 0.312. The van der Waals surface area contributed by atoms with Crippen LogP contribution in [0.5, 0.6) is 0 Å². The van der Waals surface area contributed by atoms with E-state index in [2.05, 4.69) is 15.6 Å². The molecule has 0 aliphatic rings. The van der Waals surface area contributed by atoms with E-state index in [4.69, 9.17) is 0 Å². The van der Waals surface area contributed by atoms with E-state index < -0.39 is 0 Å². The Bertz CT molecular complexity index is 638. The molecule has 0 atom stereocenters. The number of thiazole rings is 1. The first-order chi connectivity index (χ1) is 10.5. The number of nitrogens with one attached hydrogen (secondary N) is 2. The first-order valence-electron chi connectivity index (χ1n) is 7.15. The van der Waals surface area contributed by atoms with Gasteiger partial charge in [-0.15, -0.1) is 11.3 Å². The quantitative estimate of drug-likeness (QED) is 0.860. The third-order valence-electron chi connectivity index (χ3n) is 2.87. The van der Waals surface area contributed by atoms with Crippen molar-refractivity contribution in [3.05, 3.63) is 47.0 Å². The van der Waals surface area contributed by atoms with Gasteiger partial charge in [0, 0.05) is 23.4 Å². The summed E-state index contributed by atoms with van der Waals surface area (Å²) in [6.07, 6.45) is 0.963. The first-order valence-corrected chi connectivity index (χ1v) is 8.02. The molecular weight excluding hydrogens is 298 g/mol. The molecule has 0 spiro atoms. The lowest BCUT2D eigenvalue weighted by atomic mass is 10.2. The molecule has 0 radical (unpaired) electrons. The van der Waals surface area contributed by atoms with E-state index >= 15 is 0 Å². The van der Waals surface area contributed by atoms with Gasteiger partial charge < -0.3 is 5.32 Å². The summed E-state index contributed by atoms with van der Waals surface area (Å²) in [5.41, 5.74) is 1.41. The van der Waals surface area contributed by atoms with Crippen molar-refractivity contribution in [1.82, 2.24) is 10.3 Å². The molecular formula is C16H19N3O2S. The predicted octanol–water partition coefficient (Wildman–Crippen LogP) is 2.85. The van der Waals surface area contributed by atoms with Crippen molar-refractivity contribution in [2.75, 3.05) is 5.32 Å². The minimum absolute atomic E-state index is 0.0119. The number of carbonyl (C=O) groups excluding carboxylic acids is 2. The zero-order valence-corrected chi connectivity index (χ0v) is 13.4. The summed E-state index contributed by atoms with van der Waals surface area (Å²) in [7, 11) is 0. The molecule has 5 nitrogen and oxygen atoms in total. The molecule has 0 aliphatic carbocycles. The highest BCUT2D eigenvalue weighted by atomic mass is 32.1. The molecule has 1 heterocycles. The maximum atomic E-state index is 12.0. The molecule has 1 aromatic carbocycles. The molecule has 2 aromatic rings. The highest BCUT2D eigenvalue weighted by Gasteiger charge is 2.10. The van der Waals surface area contributed by atoms with Crippen molar-refractivity contribution in [2.45, 2.75) is 32.7 Å². The monoisotopic (exact) mass is 317 g/mol. The SMILES string of the molecule is CC(C)NC(=O)CCc1csc(NC(=O)c2ccccc2)n1. The second kappa shape index (κ2) is 7.70. The Labute approximate surface area is 133 Å². The van der Waals surface area contributed by atoms with Crippen LogP contribution in [0.1, 0.15) is 36.3 Å². The Morgan fingerprint density at radius 2 is 1.95 bits per heavy atom. The van der Waals surface area contributed by atoms with E-state index in [-0.39, 0.29) is 17.9 Å². The highest BCUT2D eigenvalue weighted by Crippen LogP contribution is 2.17.